The van der Waals surface area contributed by atoms with E-state index in [2.05, 4.69) is 15.0 Å². The van der Waals surface area contributed by atoms with Gasteiger partial charge in [0.25, 0.3) is 5.88 Å². The Bertz CT molecular complexity index is 637. The first-order chi connectivity index (χ1) is 7.74. The van der Waals surface area contributed by atoms with Crippen molar-refractivity contribution in [1.82, 2.24) is 15.0 Å². The molecule has 0 aromatic carbocycles. The third-order valence-electron chi connectivity index (χ3n) is 2.33. The molecule has 0 radical (unpaired) electrons. The van der Waals surface area contributed by atoms with Gasteiger partial charge in [-0.15, -0.1) is 0 Å². The van der Waals surface area contributed by atoms with E-state index in [4.69, 9.17) is 0 Å². The summed E-state index contributed by atoms with van der Waals surface area (Å²) in [5.74, 6) is -0.673. The van der Waals surface area contributed by atoms with E-state index in [0.717, 1.165) is 5.39 Å². The van der Waals surface area contributed by atoms with Crippen molar-refractivity contribution in [2.45, 2.75) is 0 Å². The van der Waals surface area contributed by atoms with E-state index in [1.165, 1.54) is 6.07 Å². The molecule has 5 nitrogen and oxygen atoms in total. The molecule has 5 heteroatoms. The van der Waals surface area contributed by atoms with Crippen LogP contribution in [0.3, 0.4) is 0 Å². The fourth-order valence-corrected chi connectivity index (χ4v) is 1.58. The summed E-state index contributed by atoms with van der Waals surface area (Å²) in [5, 5.41) is 20.1. The molecule has 2 N–H and O–H groups in total. The van der Waals surface area contributed by atoms with Crippen molar-refractivity contribution in [2.75, 3.05) is 0 Å². The molecule has 0 aliphatic heterocycles. The molecule has 0 amide bonds. The number of hydrogen-bond donors (Lipinski definition) is 2. The van der Waals surface area contributed by atoms with E-state index in [1.54, 1.807) is 6.20 Å². The van der Waals surface area contributed by atoms with Gasteiger partial charge in [-0.2, -0.15) is 4.98 Å². The molecule has 0 unspecified atom stereocenters. The molecule has 0 saturated heterocycles. The first-order valence-electron chi connectivity index (χ1n) is 4.68. The predicted molar refractivity (Wildman–Crippen MR) is 58.2 cm³/mol. The molecule has 3 aromatic heterocycles. The molecular formula is C11H7N3O2. The van der Waals surface area contributed by atoms with Crippen LogP contribution >= 0.6 is 0 Å². The summed E-state index contributed by atoms with van der Waals surface area (Å²) in [5.41, 5.74) is 0.925. The number of rotatable bonds is 0. The van der Waals surface area contributed by atoms with Gasteiger partial charge in [0.15, 0.2) is 17.0 Å². The van der Waals surface area contributed by atoms with Crippen LogP contribution in [0, 0.1) is 0 Å². The lowest BCUT2D eigenvalue weighted by Crippen LogP contribution is -1.88. The first kappa shape index (κ1) is 8.84. The van der Waals surface area contributed by atoms with Crippen molar-refractivity contribution in [1.29, 1.82) is 0 Å². The van der Waals surface area contributed by atoms with E-state index in [0.29, 0.717) is 16.7 Å². The van der Waals surface area contributed by atoms with Crippen LogP contribution in [-0.4, -0.2) is 25.2 Å². The Morgan fingerprint density at radius 2 is 1.81 bits per heavy atom. The number of nitrogens with zero attached hydrogens (tertiary/aromatic N) is 3. The lowest BCUT2D eigenvalue weighted by Gasteiger charge is -2.01. The average molecular weight is 213 g/mol. The highest BCUT2D eigenvalue weighted by atomic mass is 16.3. The smallest absolute Gasteiger partial charge is 0.256 e. The predicted octanol–water partition coefficient (Wildman–Crippen LogP) is 1.59. The maximum Gasteiger partial charge on any atom is 0.256 e. The molecule has 0 bridgehead atoms. The van der Waals surface area contributed by atoms with Gasteiger partial charge in [0.2, 0.25) is 0 Å². The standard InChI is InChI=1S/C11H7N3O2/c15-8-5-7-4-6-2-1-3-12-9(6)13-10(7)14-11(8)16/h1-5,15H,(H,12,13,14,16). The van der Waals surface area contributed by atoms with Crippen molar-refractivity contribution < 1.29 is 10.2 Å². The second-order valence-electron chi connectivity index (χ2n) is 3.42. The topological polar surface area (TPSA) is 79.1 Å². The second kappa shape index (κ2) is 3.03. The lowest BCUT2D eigenvalue weighted by atomic mass is 10.2. The molecule has 3 heterocycles. The van der Waals surface area contributed by atoms with Crippen molar-refractivity contribution in [2.24, 2.45) is 0 Å². The summed E-state index contributed by atoms with van der Waals surface area (Å²) in [7, 11) is 0. The van der Waals surface area contributed by atoms with Crippen molar-refractivity contribution in [3.05, 3.63) is 30.5 Å². The van der Waals surface area contributed by atoms with Gasteiger partial charge in [-0.05, 0) is 24.3 Å². The summed E-state index contributed by atoms with van der Waals surface area (Å²) in [6.45, 7) is 0. The van der Waals surface area contributed by atoms with E-state index < -0.39 is 5.88 Å². The minimum Gasteiger partial charge on any atom is -0.503 e. The fraction of sp³-hybridized carbons (Fsp3) is 0. The Morgan fingerprint density at radius 3 is 2.69 bits per heavy atom. The monoisotopic (exact) mass is 213 g/mol. The summed E-state index contributed by atoms with van der Waals surface area (Å²) in [4.78, 5) is 12.1. The molecule has 16 heavy (non-hydrogen) atoms. The molecule has 0 aliphatic rings. The molecule has 0 atom stereocenters. The maximum atomic E-state index is 9.33. The third kappa shape index (κ3) is 1.22. The SMILES string of the molecule is Oc1cc2cc3cccnc3nc2nc1O. The van der Waals surface area contributed by atoms with E-state index in [9.17, 15) is 10.2 Å². The van der Waals surface area contributed by atoms with Crippen LogP contribution in [0.15, 0.2) is 30.5 Å². The Balaban J connectivity index is 2.46. The van der Waals surface area contributed by atoms with Crippen molar-refractivity contribution in [3.63, 3.8) is 0 Å². The number of fused-ring (bicyclic) bond motifs is 2. The molecule has 3 rings (SSSR count). The van der Waals surface area contributed by atoms with Gasteiger partial charge < -0.3 is 10.2 Å². The van der Waals surface area contributed by atoms with Gasteiger partial charge >= 0.3 is 0 Å². The Hall–Kier alpha value is -2.43. The van der Waals surface area contributed by atoms with Crippen molar-refractivity contribution >= 4 is 22.1 Å². The fourth-order valence-electron chi connectivity index (χ4n) is 1.58. The minimum absolute atomic E-state index is 0.252. The largest absolute Gasteiger partial charge is 0.503 e. The van der Waals surface area contributed by atoms with E-state index in [1.807, 2.05) is 18.2 Å². The van der Waals surface area contributed by atoms with Crippen molar-refractivity contribution in [3.8, 4) is 11.6 Å². The molecule has 3 aromatic rings. The first-order valence-corrected chi connectivity index (χ1v) is 4.68. The zero-order valence-electron chi connectivity index (χ0n) is 8.12. The highest BCUT2D eigenvalue weighted by Gasteiger charge is 2.06. The lowest BCUT2D eigenvalue weighted by molar-refractivity contribution is 0.391. The molecular weight excluding hydrogens is 206 g/mol. The van der Waals surface area contributed by atoms with Crippen LogP contribution in [0.5, 0.6) is 11.6 Å². The summed E-state index contributed by atoms with van der Waals surface area (Å²) >= 11 is 0. The number of pyridine rings is 3. The van der Waals surface area contributed by atoms with Crippen LogP contribution in [-0.2, 0) is 0 Å². The van der Waals surface area contributed by atoms with Crippen LogP contribution in [0.1, 0.15) is 0 Å². The Labute approximate surface area is 90.0 Å². The maximum absolute atomic E-state index is 9.33. The zero-order valence-corrected chi connectivity index (χ0v) is 8.12. The van der Waals surface area contributed by atoms with Gasteiger partial charge in [-0.1, -0.05) is 0 Å². The van der Waals surface area contributed by atoms with Gasteiger partial charge in [0.1, 0.15) is 0 Å². The Morgan fingerprint density at radius 1 is 0.938 bits per heavy atom. The summed E-state index contributed by atoms with van der Waals surface area (Å²) in [6, 6.07) is 6.93. The molecule has 0 spiro atoms. The van der Waals surface area contributed by atoms with Gasteiger partial charge in [0, 0.05) is 17.0 Å². The van der Waals surface area contributed by atoms with Gasteiger partial charge in [0.05, 0.1) is 0 Å². The number of aromatic hydroxyl groups is 2. The number of hydrogen-bond acceptors (Lipinski definition) is 5. The zero-order chi connectivity index (χ0) is 11.1. The molecule has 0 fully saturated rings. The summed E-state index contributed by atoms with van der Waals surface area (Å²) < 4.78 is 0. The van der Waals surface area contributed by atoms with Crippen LogP contribution in [0.25, 0.3) is 22.1 Å². The molecule has 0 aliphatic carbocycles. The van der Waals surface area contributed by atoms with E-state index >= 15 is 0 Å². The normalized spacial score (nSPS) is 11.0. The highest BCUT2D eigenvalue weighted by molar-refractivity contribution is 5.89. The van der Waals surface area contributed by atoms with Gasteiger partial charge in [-0.3, -0.25) is 0 Å². The quantitative estimate of drug-likeness (QED) is 0.554. The minimum atomic E-state index is -0.421. The third-order valence-corrected chi connectivity index (χ3v) is 2.33. The summed E-state index contributed by atoms with van der Waals surface area (Å²) in [6.07, 6.45) is 1.64. The number of aromatic nitrogens is 3. The van der Waals surface area contributed by atoms with Crippen LogP contribution in [0.4, 0.5) is 0 Å². The Kier molecular flexibility index (Phi) is 1.67. The van der Waals surface area contributed by atoms with Crippen LogP contribution in [0.2, 0.25) is 0 Å². The average Bonchev–Trinajstić information content (AvgIpc) is 2.28. The van der Waals surface area contributed by atoms with Gasteiger partial charge in [-0.25, -0.2) is 9.97 Å². The second-order valence-corrected chi connectivity index (χ2v) is 3.42. The van der Waals surface area contributed by atoms with Crippen LogP contribution < -0.4 is 0 Å². The molecule has 0 saturated carbocycles. The highest BCUT2D eigenvalue weighted by Crippen LogP contribution is 2.27. The molecule has 78 valence electrons. The van der Waals surface area contributed by atoms with E-state index in [-0.39, 0.29) is 5.75 Å².